The number of carbonyl (C=O) groups is 1. The molecule has 0 atom stereocenters. The Balaban J connectivity index is 0.00000280. The maximum absolute atomic E-state index is 12.7. The fraction of sp³-hybridized carbons (Fsp3) is 0.389. The number of nitrogens with two attached hydrogens (primary N) is 1. The number of aromatic nitrogens is 2. The second-order valence-electron chi connectivity index (χ2n) is 6.80. The second-order valence-corrected chi connectivity index (χ2v) is 6.80. The molecule has 0 aliphatic heterocycles. The molecule has 0 unspecified atom stereocenters. The van der Waals surface area contributed by atoms with Crippen LogP contribution in [-0.4, -0.2) is 32.7 Å². The molecule has 0 bridgehead atoms. The Morgan fingerprint density at radius 2 is 2.00 bits per heavy atom. The lowest BCUT2D eigenvalue weighted by molar-refractivity contribution is -0.384. The van der Waals surface area contributed by atoms with Crippen LogP contribution >= 0.6 is 12.4 Å². The minimum absolute atomic E-state index is 0. The van der Waals surface area contributed by atoms with Crippen molar-refractivity contribution in [2.75, 3.05) is 6.54 Å². The van der Waals surface area contributed by atoms with Gasteiger partial charge in [-0.05, 0) is 25.8 Å². The van der Waals surface area contributed by atoms with Crippen molar-refractivity contribution in [2.45, 2.75) is 38.1 Å². The van der Waals surface area contributed by atoms with Crippen LogP contribution in [0.1, 0.15) is 41.9 Å². The van der Waals surface area contributed by atoms with Crippen molar-refractivity contribution < 1.29 is 9.72 Å². The molecule has 9 nitrogen and oxygen atoms in total. The van der Waals surface area contributed by atoms with Crippen molar-refractivity contribution in [1.29, 1.82) is 0 Å². The van der Waals surface area contributed by atoms with Gasteiger partial charge in [-0.25, -0.2) is 4.68 Å². The number of hydrogen-bond donors (Lipinski definition) is 2. The second kappa shape index (κ2) is 8.49. The molecular weight excluding hydrogens is 386 g/mol. The summed E-state index contributed by atoms with van der Waals surface area (Å²) in [6.45, 7) is 1.88. The Hall–Kier alpha value is -2.78. The van der Waals surface area contributed by atoms with Gasteiger partial charge in [-0.1, -0.05) is 25.0 Å². The van der Waals surface area contributed by atoms with Gasteiger partial charge in [0, 0.05) is 24.4 Å². The van der Waals surface area contributed by atoms with Crippen LogP contribution in [0.5, 0.6) is 0 Å². The molecule has 1 amide bonds. The third kappa shape index (κ3) is 4.05. The van der Waals surface area contributed by atoms with E-state index in [9.17, 15) is 19.7 Å². The SMILES string of the molecule is Cc1cc(=O)c(C(=O)NC2(CN)CCCC2)nn1-c1ccccc1[N+](=O)[O-].Cl. The van der Waals surface area contributed by atoms with Crippen LogP contribution in [-0.2, 0) is 0 Å². The first-order valence-corrected chi connectivity index (χ1v) is 8.74. The van der Waals surface area contributed by atoms with Crippen LogP contribution in [0.25, 0.3) is 5.69 Å². The smallest absolute Gasteiger partial charge is 0.294 e. The van der Waals surface area contributed by atoms with Crippen LogP contribution in [0.4, 0.5) is 5.69 Å². The van der Waals surface area contributed by atoms with Crippen molar-refractivity contribution >= 4 is 24.0 Å². The van der Waals surface area contributed by atoms with Crippen molar-refractivity contribution in [3.8, 4) is 5.69 Å². The van der Waals surface area contributed by atoms with Crippen molar-refractivity contribution in [2.24, 2.45) is 5.73 Å². The number of nitrogens with one attached hydrogen (secondary N) is 1. The Morgan fingerprint density at radius 1 is 1.36 bits per heavy atom. The summed E-state index contributed by atoms with van der Waals surface area (Å²) in [7, 11) is 0. The fourth-order valence-electron chi connectivity index (χ4n) is 3.48. The number of nitro groups is 1. The van der Waals surface area contributed by atoms with Gasteiger partial charge in [-0.2, -0.15) is 5.10 Å². The highest BCUT2D eigenvalue weighted by atomic mass is 35.5. The van der Waals surface area contributed by atoms with Gasteiger partial charge >= 0.3 is 0 Å². The highest BCUT2D eigenvalue weighted by Gasteiger charge is 2.35. The van der Waals surface area contributed by atoms with Gasteiger partial charge in [0.15, 0.2) is 5.69 Å². The molecule has 1 fully saturated rings. The van der Waals surface area contributed by atoms with Crippen LogP contribution in [0.3, 0.4) is 0 Å². The molecule has 1 aromatic heterocycles. The number of rotatable bonds is 5. The predicted molar refractivity (Wildman–Crippen MR) is 106 cm³/mol. The number of hydrogen-bond acceptors (Lipinski definition) is 6. The molecule has 1 aliphatic carbocycles. The first kappa shape index (κ1) is 21.5. The molecule has 10 heteroatoms. The van der Waals surface area contributed by atoms with Crippen LogP contribution in [0.2, 0.25) is 0 Å². The fourth-order valence-corrected chi connectivity index (χ4v) is 3.48. The standard InChI is InChI=1S/C18H21N5O4.ClH/c1-12-10-15(24)16(17(25)20-18(11-19)8-4-5-9-18)21-22(12)13-6-2-3-7-14(13)23(26)27;/h2-3,6-7,10H,4-5,8-9,11,19H2,1H3,(H,20,25);1H. The summed E-state index contributed by atoms with van der Waals surface area (Å²) in [5.41, 5.74) is 4.87. The van der Waals surface area contributed by atoms with Gasteiger partial charge < -0.3 is 11.1 Å². The van der Waals surface area contributed by atoms with E-state index in [1.807, 2.05) is 0 Å². The zero-order valence-electron chi connectivity index (χ0n) is 15.4. The van der Waals surface area contributed by atoms with E-state index in [2.05, 4.69) is 10.4 Å². The molecule has 0 radical (unpaired) electrons. The van der Waals surface area contributed by atoms with Crippen LogP contribution in [0.15, 0.2) is 35.1 Å². The van der Waals surface area contributed by atoms with E-state index in [-0.39, 0.29) is 36.0 Å². The van der Waals surface area contributed by atoms with Crippen molar-refractivity contribution in [3.05, 3.63) is 62.1 Å². The summed E-state index contributed by atoms with van der Waals surface area (Å²) in [6, 6.07) is 7.28. The number of benzene rings is 1. The molecular formula is C18H22ClN5O4. The van der Waals surface area contributed by atoms with E-state index < -0.39 is 21.8 Å². The molecule has 0 saturated heterocycles. The molecule has 1 aliphatic rings. The van der Waals surface area contributed by atoms with E-state index in [1.54, 1.807) is 13.0 Å². The van der Waals surface area contributed by atoms with E-state index in [0.29, 0.717) is 5.69 Å². The third-order valence-electron chi connectivity index (χ3n) is 4.96. The molecule has 2 aromatic rings. The number of para-hydroxylation sites is 2. The lowest BCUT2D eigenvalue weighted by Gasteiger charge is -2.28. The number of carbonyl (C=O) groups excluding carboxylic acids is 1. The number of nitro benzene ring substituents is 1. The Morgan fingerprint density at radius 3 is 2.61 bits per heavy atom. The Bertz CT molecular complexity index is 953. The van der Waals surface area contributed by atoms with Gasteiger partial charge in [0.1, 0.15) is 5.69 Å². The Labute approximate surface area is 167 Å². The number of halogens is 1. The van der Waals surface area contributed by atoms with Crippen LogP contribution < -0.4 is 16.5 Å². The summed E-state index contributed by atoms with van der Waals surface area (Å²) in [5.74, 6) is -0.611. The summed E-state index contributed by atoms with van der Waals surface area (Å²) in [6.07, 6.45) is 3.41. The zero-order valence-corrected chi connectivity index (χ0v) is 16.2. The third-order valence-corrected chi connectivity index (χ3v) is 4.96. The number of amides is 1. The summed E-state index contributed by atoms with van der Waals surface area (Å²) in [5, 5.41) is 18.3. The molecule has 0 spiro atoms. The summed E-state index contributed by atoms with van der Waals surface area (Å²) < 4.78 is 1.25. The minimum atomic E-state index is -0.611. The molecule has 1 saturated carbocycles. The van der Waals surface area contributed by atoms with E-state index in [0.717, 1.165) is 25.7 Å². The largest absolute Gasteiger partial charge is 0.344 e. The van der Waals surface area contributed by atoms with E-state index >= 15 is 0 Å². The van der Waals surface area contributed by atoms with Crippen molar-refractivity contribution in [1.82, 2.24) is 15.1 Å². The summed E-state index contributed by atoms with van der Waals surface area (Å²) in [4.78, 5) is 35.9. The molecule has 3 N–H and O–H groups in total. The van der Waals surface area contributed by atoms with E-state index in [1.165, 1.54) is 28.9 Å². The molecule has 3 rings (SSSR count). The maximum Gasteiger partial charge on any atom is 0.294 e. The minimum Gasteiger partial charge on any atom is -0.344 e. The van der Waals surface area contributed by atoms with Gasteiger partial charge in [-0.3, -0.25) is 19.7 Å². The molecule has 1 aromatic carbocycles. The highest BCUT2D eigenvalue weighted by Crippen LogP contribution is 2.29. The topological polar surface area (TPSA) is 133 Å². The Kier molecular flexibility index (Phi) is 6.52. The highest BCUT2D eigenvalue weighted by molar-refractivity contribution is 5.92. The van der Waals surface area contributed by atoms with Gasteiger partial charge in [-0.15, -0.1) is 12.4 Å². The monoisotopic (exact) mass is 407 g/mol. The number of nitrogens with zero attached hydrogens (tertiary/aromatic N) is 3. The zero-order chi connectivity index (χ0) is 19.6. The average molecular weight is 408 g/mol. The summed E-state index contributed by atoms with van der Waals surface area (Å²) >= 11 is 0. The average Bonchev–Trinajstić information content (AvgIpc) is 3.10. The lowest BCUT2D eigenvalue weighted by atomic mass is 9.97. The molecule has 28 heavy (non-hydrogen) atoms. The molecule has 1 heterocycles. The maximum atomic E-state index is 12.7. The number of aryl methyl sites for hydroxylation is 1. The normalized spacial score (nSPS) is 14.9. The van der Waals surface area contributed by atoms with E-state index in [4.69, 9.17) is 5.73 Å². The quantitative estimate of drug-likeness (QED) is 0.574. The first-order chi connectivity index (χ1) is 12.9. The first-order valence-electron chi connectivity index (χ1n) is 8.74. The predicted octanol–water partition coefficient (Wildman–Crippen LogP) is 1.87. The van der Waals surface area contributed by atoms with Gasteiger partial charge in [0.25, 0.3) is 11.6 Å². The molecule has 150 valence electrons. The van der Waals surface area contributed by atoms with Crippen molar-refractivity contribution in [3.63, 3.8) is 0 Å². The lowest BCUT2D eigenvalue weighted by Crippen LogP contribution is -2.52. The van der Waals surface area contributed by atoms with Crippen LogP contribution in [0, 0.1) is 17.0 Å². The van der Waals surface area contributed by atoms with Gasteiger partial charge in [0.05, 0.1) is 10.5 Å². The van der Waals surface area contributed by atoms with Gasteiger partial charge in [0.2, 0.25) is 5.43 Å².